The molecule has 6 nitrogen and oxygen atoms in total. The molecule has 2 atom stereocenters. The summed E-state index contributed by atoms with van der Waals surface area (Å²) in [6.45, 7) is 0.122. The second-order valence-corrected chi connectivity index (χ2v) is 7.54. The van der Waals surface area contributed by atoms with Crippen molar-refractivity contribution in [1.29, 1.82) is 0 Å². The maximum Gasteiger partial charge on any atom is 0.490 e. The van der Waals surface area contributed by atoms with Gasteiger partial charge in [-0.25, -0.2) is 18.0 Å². The van der Waals surface area contributed by atoms with E-state index in [2.05, 4.69) is 5.32 Å². The van der Waals surface area contributed by atoms with E-state index in [4.69, 9.17) is 21.5 Å². The summed E-state index contributed by atoms with van der Waals surface area (Å²) in [6.07, 6.45) is -4.50. The molecule has 2 aromatic rings. The summed E-state index contributed by atoms with van der Waals surface area (Å²) in [5, 5.41) is 19.4. The Labute approximate surface area is 194 Å². The van der Waals surface area contributed by atoms with Gasteiger partial charge in [0.2, 0.25) is 5.91 Å². The Morgan fingerprint density at radius 3 is 2.32 bits per heavy atom. The van der Waals surface area contributed by atoms with Gasteiger partial charge >= 0.3 is 12.1 Å². The summed E-state index contributed by atoms with van der Waals surface area (Å²) in [5.41, 5.74) is 0.562. The highest BCUT2D eigenvalue weighted by molar-refractivity contribution is 6.30. The lowest BCUT2D eigenvalue weighted by Gasteiger charge is -2.23. The van der Waals surface area contributed by atoms with Crippen LogP contribution >= 0.6 is 11.6 Å². The van der Waals surface area contributed by atoms with Crippen LogP contribution < -0.4 is 10.2 Å². The Bertz CT molecular complexity index is 1040. The molecule has 0 aliphatic carbocycles. The molecule has 0 saturated carbocycles. The normalized spacial score (nSPS) is 16.8. The molecular formula is C21H19ClF6N2O4. The minimum Gasteiger partial charge on any atom is -0.475 e. The summed E-state index contributed by atoms with van der Waals surface area (Å²) >= 11 is 5.67. The first-order chi connectivity index (χ1) is 15.8. The molecule has 0 bridgehead atoms. The van der Waals surface area contributed by atoms with Gasteiger partial charge in [-0.05, 0) is 37.1 Å². The molecule has 186 valence electrons. The summed E-state index contributed by atoms with van der Waals surface area (Å²) in [4.78, 5) is 23.0. The van der Waals surface area contributed by atoms with Gasteiger partial charge in [0, 0.05) is 36.5 Å². The smallest absolute Gasteiger partial charge is 0.475 e. The Hall–Kier alpha value is -2.83. The van der Waals surface area contributed by atoms with Crippen molar-refractivity contribution in [3.63, 3.8) is 0 Å². The first-order valence-corrected chi connectivity index (χ1v) is 10.1. The number of hydrogen-bond acceptors (Lipinski definition) is 4. The molecule has 2 aromatic carbocycles. The van der Waals surface area contributed by atoms with E-state index < -0.39 is 41.7 Å². The molecule has 1 aliphatic rings. The number of rotatable bonds is 6. The number of amides is 1. The molecule has 2 unspecified atom stereocenters. The number of alkyl halides is 3. The third kappa shape index (κ3) is 7.08. The lowest BCUT2D eigenvalue weighted by atomic mass is 10.0. The van der Waals surface area contributed by atoms with Crippen LogP contribution in [0.25, 0.3) is 0 Å². The van der Waals surface area contributed by atoms with Crippen LogP contribution in [0.3, 0.4) is 0 Å². The van der Waals surface area contributed by atoms with Crippen LogP contribution in [0.15, 0.2) is 36.4 Å². The van der Waals surface area contributed by atoms with E-state index in [9.17, 15) is 36.2 Å². The number of benzene rings is 2. The van der Waals surface area contributed by atoms with Gasteiger partial charge in [0.15, 0.2) is 0 Å². The van der Waals surface area contributed by atoms with Gasteiger partial charge in [-0.3, -0.25) is 10.1 Å². The Balaban J connectivity index is 0.000000509. The number of carboxylic acid groups (broad SMARTS) is 1. The number of halogens is 7. The molecule has 1 aliphatic heterocycles. The van der Waals surface area contributed by atoms with Gasteiger partial charge < -0.3 is 15.1 Å². The van der Waals surface area contributed by atoms with Gasteiger partial charge in [0.25, 0.3) is 0 Å². The summed E-state index contributed by atoms with van der Waals surface area (Å²) in [5.74, 6) is -5.12. The van der Waals surface area contributed by atoms with E-state index in [0.29, 0.717) is 18.7 Å². The lowest BCUT2D eigenvalue weighted by Crippen LogP contribution is -2.40. The third-order valence-electron chi connectivity index (χ3n) is 4.82. The minimum absolute atomic E-state index is 0.0325. The zero-order chi connectivity index (χ0) is 25.6. The maximum atomic E-state index is 14.1. The highest BCUT2D eigenvalue weighted by atomic mass is 35.5. The number of aliphatic hydroxyl groups is 1. The second kappa shape index (κ2) is 11.5. The van der Waals surface area contributed by atoms with Crippen LogP contribution in [0.4, 0.5) is 32.0 Å². The molecule has 13 heteroatoms. The monoisotopic (exact) mass is 512 g/mol. The number of carbonyl (C=O) groups is 2. The second-order valence-electron chi connectivity index (χ2n) is 7.13. The van der Waals surface area contributed by atoms with E-state index in [1.165, 1.54) is 23.1 Å². The first-order valence-electron chi connectivity index (χ1n) is 9.73. The molecule has 1 amide bonds. The van der Waals surface area contributed by atoms with Crippen molar-refractivity contribution in [3.8, 4) is 0 Å². The molecular weight excluding hydrogens is 494 g/mol. The summed E-state index contributed by atoms with van der Waals surface area (Å²) in [7, 11) is 0. The molecule has 0 radical (unpaired) electrons. The number of anilines is 1. The zero-order valence-electron chi connectivity index (χ0n) is 17.3. The molecule has 1 heterocycles. The van der Waals surface area contributed by atoms with E-state index in [0.717, 1.165) is 12.1 Å². The predicted octanol–water partition coefficient (Wildman–Crippen LogP) is 4.21. The van der Waals surface area contributed by atoms with Crippen molar-refractivity contribution in [2.45, 2.75) is 31.1 Å². The van der Waals surface area contributed by atoms with Crippen LogP contribution in [-0.2, 0) is 9.59 Å². The number of aliphatic carboxylic acids is 1. The Morgan fingerprint density at radius 2 is 1.79 bits per heavy atom. The molecule has 3 rings (SSSR count). The Kier molecular flexibility index (Phi) is 9.30. The number of hydrogen-bond donors (Lipinski definition) is 3. The van der Waals surface area contributed by atoms with Crippen molar-refractivity contribution in [2.75, 3.05) is 18.1 Å². The standard InChI is InChI=1S/C19H18ClF3N2O2.C2HF3O2/c20-14-4-2-12(10-16(14)23)25-7-5-18(19(25)27)24-17(6-8-26)13-3-1-11(21)9-15(13)22;3-2(4,5)1(6)7/h1-4,9-10,17-18,24,26H,5-8H2;(H,6,7). The van der Waals surface area contributed by atoms with E-state index in [1.807, 2.05) is 0 Å². The van der Waals surface area contributed by atoms with Crippen molar-refractivity contribution < 1.29 is 46.1 Å². The topological polar surface area (TPSA) is 89.9 Å². The van der Waals surface area contributed by atoms with Gasteiger partial charge in [0.05, 0.1) is 11.1 Å². The van der Waals surface area contributed by atoms with Crippen LogP contribution in [0.2, 0.25) is 5.02 Å². The predicted molar refractivity (Wildman–Crippen MR) is 110 cm³/mol. The number of aliphatic hydroxyl groups excluding tert-OH is 1. The van der Waals surface area contributed by atoms with E-state index in [-0.39, 0.29) is 29.5 Å². The fourth-order valence-corrected chi connectivity index (χ4v) is 3.35. The molecule has 0 spiro atoms. The van der Waals surface area contributed by atoms with Crippen LogP contribution in [-0.4, -0.2) is 47.5 Å². The fraction of sp³-hybridized carbons (Fsp3) is 0.333. The molecule has 1 saturated heterocycles. The third-order valence-corrected chi connectivity index (χ3v) is 5.13. The van der Waals surface area contributed by atoms with Gasteiger partial charge in [-0.1, -0.05) is 17.7 Å². The van der Waals surface area contributed by atoms with Crippen molar-refractivity contribution >= 4 is 29.2 Å². The van der Waals surface area contributed by atoms with Crippen LogP contribution in [0.5, 0.6) is 0 Å². The van der Waals surface area contributed by atoms with Crippen molar-refractivity contribution in [2.24, 2.45) is 0 Å². The van der Waals surface area contributed by atoms with Gasteiger partial charge in [-0.2, -0.15) is 13.2 Å². The highest BCUT2D eigenvalue weighted by Crippen LogP contribution is 2.28. The number of carbonyl (C=O) groups excluding carboxylic acids is 1. The van der Waals surface area contributed by atoms with Crippen molar-refractivity contribution in [1.82, 2.24) is 5.32 Å². The van der Waals surface area contributed by atoms with E-state index in [1.54, 1.807) is 6.07 Å². The molecule has 34 heavy (non-hydrogen) atoms. The Morgan fingerprint density at radius 1 is 1.15 bits per heavy atom. The number of nitrogens with zero attached hydrogens (tertiary/aromatic N) is 1. The van der Waals surface area contributed by atoms with Crippen LogP contribution in [0, 0.1) is 17.5 Å². The zero-order valence-corrected chi connectivity index (χ0v) is 18.0. The van der Waals surface area contributed by atoms with Gasteiger partial charge in [-0.15, -0.1) is 0 Å². The van der Waals surface area contributed by atoms with Gasteiger partial charge in [0.1, 0.15) is 17.5 Å². The SMILES string of the molecule is O=C(O)C(F)(F)F.O=C1C(NC(CCO)c2ccc(F)cc2F)CCN1c1ccc(Cl)c(F)c1. The summed E-state index contributed by atoms with van der Waals surface area (Å²) < 4.78 is 72.7. The quantitative estimate of drug-likeness (QED) is 0.505. The fourth-order valence-electron chi connectivity index (χ4n) is 3.23. The maximum absolute atomic E-state index is 14.1. The first kappa shape index (κ1) is 27.4. The number of nitrogens with one attached hydrogen (secondary N) is 1. The highest BCUT2D eigenvalue weighted by Gasteiger charge is 2.38. The lowest BCUT2D eigenvalue weighted by molar-refractivity contribution is -0.192. The average molecular weight is 513 g/mol. The van der Waals surface area contributed by atoms with Crippen molar-refractivity contribution in [3.05, 3.63) is 64.4 Å². The number of carboxylic acids is 1. The largest absolute Gasteiger partial charge is 0.490 e. The summed E-state index contributed by atoms with van der Waals surface area (Å²) in [6, 6.07) is 6.01. The van der Waals surface area contributed by atoms with E-state index >= 15 is 0 Å². The molecule has 0 aromatic heterocycles. The molecule has 1 fully saturated rings. The average Bonchev–Trinajstić information content (AvgIpc) is 3.10. The molecule has 3 N–H and O–H groups in total. The minimum atomic E-state index is -5.08. The van der Waals surface area contributed by atoms with Crippen LogP contribution in [0.1, 0.15) is 24.4 Å².